The number of carbonyl (C=O) groups excluding carboxylic acids is 1. The van der Waals surface area contributed by atoms with Gasteiger partial charge in [-0.25, -0.2) is 8.42 Å². The Morgan fingerprint density at radius 2 is 1.83 bits per heavy atom. The van der Waals surface area contributed by atoms with Crippen molar-refractivity contribution in [1.82, 2.24) is 0 Å². The molecule has 3 aromatic rings. The number of amides is 1. The quantitative estimate of drug-likeness (QED) is 0.646. The number of nitrogens with one attached hydrogen (secondary N) is 1. The normalized spacial score (nSPS) is 13.9. The minimum atomic E-state index is -3.91. The number of anilines is 2. The highest BCUT2D eigenvalue weighted by Crippen LogP contribution is 2.43. The van der Waals surface area contributed by atoms with Crippen LogP contribution in [0.1, 0.15) is 5.56 Å². The third kappa shape index (κ3) is 3.51. The van der Waals surface area contributed by atoms with Crippen LogP contribution in [0, 0.1) is 6.92 Å². The number of benzene rings is 3. The van der Waals surface area contributed by atoms with Gasteiger partial charge in [0.1, 0.15) is 12.3 Å². The summed E-state index contributed by atoms with van der Waals surface area (Å²) in [5.41, 5.74) is 3.23. The van der Waals surface area contributed by atoms with Crippen LogP contribution in [0.15, 0.2) is 65.6 Å². The van der Waals surface area contributed by atoms with Crippen molar-refractivity contribution in [1.29, 1.82) is 0 Å². The number of fused-ring (bicyclic) bond motifs is 3. The fourth-order valence-electron chi connectivity index (χ4n) is 3.51. The lowest BCUT2D eigenvalue weighted by molar-refractivity contribution is -0.114. The summed E-state index contributed by atoms with van der Waals surface area (Å²) < 4.78 is 33.0. The monoisotopic (exact) mass is 442 g/mol. The zero-order chi connectivity index (χ0) is 21.5. The molecule has 0 unspecified atom stereocenters. The molecule has 0 fully saturated rings. The van der Waals surface area contributed by atoms with Crippen LogP contribution in [0.25, 0.3) is 11.1 Å². The van der Waals surface area contributed by atoms with Crippen molar-refractivity contribution >= 4 is 38.9 Å². The highest BCUT2D eigenvalue weighted by atomic mass is 35.5. The molecule has 4 rings (SSSR count). The maximum absolute atomic E-state index is 13.3. The van der Waals surface area contributed by atoms with Crippen LogP contribution in [0.2, 0.25) is 5.02 Å². The number of sulfonamides is 1. The van der Waals surface area contributed by atoms with Gasteiger partial charge in [0.2, 0.25) is 5.91 Å². The summed E-state index contributed by atoms with van der Waals surface area (Å²) in [5.74, 6) is -0.0827. The molecule has 8 heteroatoms. The fourth-order valence-corrected chi connectivity index (χ4v) is 5.33. The van der Waals surface area contributed by atoms with Crippen molar-refractivity contribution in [3.8, 4) is 16.9 Å². The molecule has 1 N–H and O–H groups in total. The van der Waals surface area contributed by atoms with Gasteiger partial charge >= 0.3 is 0 Å². The number of hydrogen-bond acceptors (Lipinski definition) is 4. The Balaban J connectivity index is 1.73. The Labute approximate surface area is 180 Å². The lowest BCUT2D eigenvalue weighted by Gasteiger charge is -2.32. The largest absolute Gasteiger partial charge is 0.495 e. The summed E-state index contributed by atoms with van der Waals surface area (Å²) in [6.07, 6.45) is 0. The number of aryl methyl sites for hydroxylation is 1. The average molecular weight is 443 g/mol. The van der Waals surface area contributed by atoms with E-state index in [1.165, 1.54) is 7.11 Å². The van der Waals surface area contributed by atoms with E-state index in [2.05, 4.69) is 5.32 Å². The molecule has 1 amide bonds. The van der Waals surface area contributed by atoms with Crippen molar-refractivity contribution in [2.75, 3.05) is 23.3 Å². The van der Waals surface area contributed by atoms with E-state index >= 15 is 0 Å². The molecule has 3 aromatic carbocycles. The first-order valence-electron chi connectivity index (χ1n) is 9.17. The maximum Gasteiger partial charge on any atom is 0.265 e. The summed E-state index contributed by atoms with van der Waals surface area (Å²) in [6, 6.07) is 17.1. The topological polar surface area (TPSA) is 75.7 Å². The van der Waals surface area contributed by atoms with Gasteiger partial charge < -0.3 is 10.1 Å². The number of nitrogens with zero attached hydrogens (tertiary/aromatic N) is 1. The van der Waals surface area contributed by atoms with Crippen LogP contribution in [-0.2, 0) is 14.8 Å². The Morgan fingerprint density at radius 1 is 1.07 bits per heavy atom. The number of methoxy groups -OCH3 is 1. The second-order valence-electron chi connectivity index (χ2n) is 6.92. The molecule has 1 aliphatic heterocycles. The summed E-state index contributed by atoms with van der Waals surface area (Å²) in [6.45, 7) is 1.55. The van der Waals surface area contributed by atoms with Gasteiger partial charge in [-0.15, -0.1) is 0 Å². The van der Waals surface area contributed by atoms with Crippen LogP contribution in [0.3, 0.4) is 0 Å². The number of carbonyl (C=O) groups is 1. The molecule has 0 saturated carbocycles. The lowest BCUT2D eigenvalue weighted by Crippen LogP contribution is -2.40. The first-order chi connectivity index (χ1) is 14.3. The minimum Gasteiger partial charge on any atom is -0.495 e. The molecule has 154 valence electrons. The smallest absolute Gasteiger partial charge is 0.265 e. The van der Waals surface area contributed by atoms with E-state index < -0.39 is 15.9 Å². The van der Waals surface area contributed by atoms with Crippen LogP contribution >= 0.6 is 11.6 Å². The average Bonchev–Trinajstić information content (AvgIpc) is 2.71. The first-order valence-corrected chi connectivity index (χ1v) is 11.0. The van der Waals surface area contributed by atoms with Crippen LogP contribution in [0.4, 0.5) is 11.4 Å². The van der Waals surface area contributed by atoms with Crippen LogP contribution < -0.4 is 14.4 Å². The third-order valence-electron chi connectivity index (χ3n) is 4.89. The van der Waals surface area contributed by atoms with Crippen molar-refractivity contribution in [3.05, 3.63) is 71.2 Å². The van der Waals surface area contributed by atoms with E-state index in [4.69, 9.17) is 16.3 Å². The van der Waals surface area contributed by atoms with E-state index in [-0.39, 0.29) is 11.4 Å². The van der Waals surface area contributed by atoms with E-state index in [0.717, 1.165) is 15.4 Å². The SMILES string of the molecule is COc1ccc(Cl)cc1NC(=O)CN1c2ccc(C)cc2-c2ccccc2S1(=O)=O. The second kappa shape index (κ2) is 7.66. The highest BCUT2D eigenvalue weighted by molar-refractivity contribution is 7.93. The predicted molar refractivity (Wildman–Crippen MR) is 118 cm³/mol. The Kier molecular flexibility index (Phi) is 5.17. The standard InChI is InChI=1S/C22H19ClN2O4S/c1-14-7-9-19-17(11-14)16-5-3-4-6-21(16)30(27,28)25(19)13-22(26)24-18-12-15(23)8-10-20(18)29-2/h3-12H,13H2,1-2H3,(H,24,26). The highest BCUT2D eigenvalue weighted by Gasteiger charge is 2.35. The minimum absolute atomic E-state index is 0.177. The maximum atomic E-state index is 13.3. The second-order valence-corrected chi connectivity index (χ2v) is 9.19. The summed E-state index contributed by atoms with van der Waals surface area (Å²) in [5, 5.41) is 3.12. The molecule has 1 aliphatic rings. The fraction of sp³-hybridized carbons (Fsp3) is 0.136. The predicted octanol–water partition coefficient (Wildman–Crippen LogP) is 4.47. The molecular formula is C22H19ClN2O4S. The summed E-state index contributed by atoms with van der Waals surface area (Å²) in [4.78, 5) is 13.0. The molecule has 0 atom stereocenters. The molecule has 0 saturated heterocycles. The van der Waals surface area contributed by atoms with Crippen molar-refractivity contribution in [3.63, 3.8) is 0 Å². The molecule has 6 nitrogen and oxygen atoms in total. The van der Waals surface area contributed by atoms with Gasteiger partial charge in [0, 0.05) is 16.1 Å². The lowest BCUT2D eigenvalue weighted by atomic mass is 10.0. The molecule has 0 spiro atoms. The van der Waals surface area contributed by atoms with Gasteiger partial charge in [0.15, 0.2) is 0 Å². The molecule has 1 heterocycles. The first kappa shape index (κ1) is 20.3. The number of halogens is 1. The summed E-state index contributed by atoms with van der Waals surface area (Å²) in [7, 11) is -2.43. The van der Waals surface area contributed by atoms with Gasteiger partial charge in [-0.2, -0.15) is 0 Å². The van der Waals surface area contributed by atoms with E-state index in [0.29, 0.717) is 27.7 Å². The number of rotatable bonds is 4. The van der Waals surface area contributed by atoms with E-state index in [1.54, 1.807) is 48.5 Å². The third-order valence-corrected chi connectivity index (χ3v) is 6.94. The zero-order valence-electron chi connectivity index (χ0n) is 16.3. The Bertz CT molecular complexity index is 1260. The van der Waals surface area contributed by atoms with Gasteiger partial charge in [0.05, 0.1) is 23.4 Å². The Morgan fingerprint density at radius 3 is 2.60 bits per heavy atom. The molecule has 0 bridgehead atoms. The number of ether oxygens (including phenoxy) is 1. The van der Waals surface area contributed by atoms with Crippen molar-refractivity contribution < 1.29 is 17.9 Å². The molecule has 0 aromatic heterocycles. The van der Waals surface area contributed by atoms with E-state index in [9.17, 15) is 13.2 Å². The van der Waals surface area contributed by atoms with Gasteiger partial charge in [-0.1, -0.05) is 41.4 Å². The number of hydrogen-bond donors (Lipinski definition) is 1. The van der Waals surface area contributed by atoms with Crippen molar-refractivity contribution in [2.45, 2.75) is 11.8 Å². The zero-order valence-corrected chi connectivity index (χ0v) is 17.9. The van der Waals surface area contributed by atoms with Gasteiger partial charge in [-0.3, -0.25) is 9.10 Å². The summed E-state index contributed by atoms with van der Waals surface area (Å²) >= 11 is 6.02. The van der Waals surface area contributed by atoms with Gasteiger partial charge in [0.25, 0.3) is 10.0 Å². The van der Waals surface area contributed by atoms with Crippen LogP contribution in [0.5, 0.6) is 5.75 Å². The van der Waals surface area contributed by atoms with Crippen molar-refractivity contribution in [2.24, 2.45) is 0 Å². The Hall–Kier alpha value is -3.03. The molecule has 30 heavy (non-hydrogen) atoms. The van der Waals surface area contributed by atoms with Gasteiger partial charge in [-0.05, 0) is 43.3 Å². The van der Waals surface area contributed by atoms with E-state index in [1.807, 2.05) is 19.1 Å². The molecular weight excluding hydrogens is 424 g/mol. The molecule has 0 radical (unpaired) electrons. The molecule has 0 aliphatic carbocycles. The van der Waals surface area contributed by atoms with Crippen LogP contribution in [-0.4, -0.2) is 28.0 Å².